The van der Waals surface area contributed by atoms with Crippen molar-refractivity contribution in [3.8, 4) is 0 Å². The largest absolute Gasteiger partial charge is 0.477 e. The summed E-state index contributed by atoms with van der Waals surface area (Å²) in [6, 6.07) is 8.42. The third kappa shape index (κ3) is 3.02. The van der Waals surface area contributed by atoms with Crippen molar-refractivity contribution in [2.75, 3.05) is 5.32 Å². The Labute approximate surface area is 122 Å². The van der Waals surface area contributed by atoms with Crippen LogP contribution in [0.5, 0.6) is 0 Å². The van der Waals surface area contributed by atoms with Gasteiger partial charge in [0.2, 0.25) is 0 Å². The smallest absolute Gasteiger partial charge is 0.345 e. The SMILES string of the molecule is Cc1c(Br)cccc1C(=O)Nc1ccc(C(=O)O)s1. The summed E-state index contributed by atoms with van der Waals surface area (Å²) < 4.78 is 0.859. The maximum atomic E-state index is 12.1. The maximum absolute atomic E-state index is 12.1. The molecule has 0 saturated heterocycles. The Kier molecular flexibility index (Phi) is 4.01. The molecule has 0 aliphatic carbocycles. The zero-order valence-electron chi connectivity index (χ0n) is 9.94. The summed E-state index contributed by atoms with van der Waals surface area (Å²) in [7, 11) is 0. The van der Waals surface area contributed by atoms with E-state index in [0.29, 0.717) is 10.6 Å². The Morgan fingerprint density at radius 3 is 2.63 bits per heavy atom. The van der Waals surface area contributed by atoms with Crippen molar-refractivity contribution in [3.05, 3.63) is 50.8 Å². The second-order valence-electron chi connectivity index (χ2n) is 3.84. The van der Waals surface area contributed by atoms with E-state index in [2.05, 4.69) is 21.2 Å². The first kappa shape index (κ1) is 13.8. The topological polar surface area (TPSA) is 66.4 Å². The average molecular weight is 340 g/mol. The highest BCUT2D eigenvalue weighted by Crippen LogP contribution is 2.24. The van der Waals surface area contributed by atoms with E-state index in [0.717, 1.165) is 21.4 Å². The fourth-order valence-electron chi connectivity index (χ4n) is 1.55. The maximum Gasteiger partial charge on any atom is 0.345 e. The van der Waals surface area contributed by atoms with Gasteiger partial charge in [0.15, 0.2) is 0 Å². The van der Waals surface area contributed by atoms with Gasteiger partial charge >= 0.3 is 5.97 Å². The van der Waals surface area contributed by atoms with Crippen molar-refractivity contribution in [1.82, 2.24) is 0 Å². The number of hydrogen-bond donors (Lipinski definition) is 2. The summed E-state index contributed by atoms with van der Waals surface area (Å²) in [6.45, 7) is 1.84. The minimum Gasteiger partial charge on any atom is -0.477 e. The van der Waals surface area contributed by atoms with Gasteiger partial charge in [0, 0.05) is 10.0 Å². The predicted molar refractivity (Wildman–Crippen MR) is 78.1 cm³/mol. The zero-order chi connectivity index (χ0) is 14.0. The molecule has 0 saturated carbocycles. The molecule has 0 fully saturated rings. The fraction of sp³-hybridized carbons (Fsp3) is 0.0769. The molecule has 1 aromatic heterocycles. The van der Waals surface area contributed by atoms with Crippen LogP contribution in [0.1, 0.15) is 25.6 Å². The van der Waals surface area contributed by atoms with Crippen molar-refractivity contribution < 1.29 is 14.7 Å². The number of carboxylic acid groups (broad SMARTS) is 1. The van der Waals surface area contributed by atoms with E-state index in [9.17, 15) is 9.59 Å². The third-order valence-electron chi connectivity index (χ3n) is 2.57. The van der Waals surface area contributed by atoms with E-state index in [-0.39, 0.29) is 10.8 Å². The number of carboxylic acids is 1. The number of nitrogens with one attached hydrogen (secondary N) is 1. The first-order valence-corrected chi connectivity index (χ1v) is 6.99. The van der Waals surface area contributed by atoms with Gasteiger partial charge < -0.3 is 10.4 Å². The first-order chi connectivity index (χ1) is 8.99. The number of aromatic carboxylic acids is 1. The Morgan fingerprint density at radius 1 is 1.26 bits per heavy atom. The van der Waals surface area contributed by atoms with Gasteiger partial charge in [0.25, 0.3) is 5.91 Å². The number of anilines is 1. The predicted octanol–water partition coefficient (Wildman–Crippen LogP) is 3.77. The number of amides is 1. The van der Waals surface area contributed by atoms with Crippen LogP contribution in [0.2, 0.25) is 0 Å². The second kappa shape index (κ2) is 5.54. The molecule has 0 bridgehead atoms. The Hall–Kier alpha value is -1.66. The molecule has 2 aromatic rings. The van der Waals surface area contributed by atoms with E-state index < -0.39 is 5.97 Å². The highest BCUT2D eigenvalue weighted by Gasteiger charge is 2.13. The Bertz CT molecular complexity index is 651. The molecule has 4 nitrogen and oxygen atoms in total. The number of hydrogen-bond acceptors (Lipinski definition) is 3. The monoisotopic (exact) mass is 339 g/mol. The summed E-state index contributed by atoms with van der Waals surface area (Å²) >= 11 is 4.40. The molecule has 6 heteroatoms. The highest BCUT2D eigenvalue weighted by molar-refractivity contribution is 9.10. The van der Waals surface area contributed by atoms with Gasteiger partial charge in [0.05, 0.1) is 5.00 Å². The van der Waals surface area contributed by atoms with Gasteiger partial charge in [0.1, 0.15) is 4.88 Å². The van der Waals surface area contributed by atoms with Gasteiger partial charge in [-0.25, -0.2) is 4.79 Å². The van der Waals surface area contributed by atoms with Gasteiger partial charge in [-0.3, -0.25) is 4.79 Å². The molecule has 2 rings (SSSR count). The van der Waals surface area contributed by atoms with Crippen LogP contribution in [0.4, 0.5) is 5.00 Å². The Morgan fingerprint density at radius 2 is 2.00 bits per heavy atom. The van der Waals surface area contributed by atoms with Crippen LogP contribution >= 0.6 is 27.3 Å². The number of benzene rings is 1. The van der Waals surface area contributed by atoms with Crippen LogP contribution in [-0.4, -0.2) is 17.0 Å². The van der Waals surface area contributed by atoms with Crippen molar-refractivity contribution in [2.24, 2.45) is 0 Å². The molecule has 1 heterocycles. The van der Waals surface area contributed by atoms with E-state index in [1.54, 1.807) is 18.2 Å². The molecule has 0 unspecified atom stereocenters. The molecule has 2 N–H and O–H groups in total. The van der Waals surface area contributed by atoms with E-state index in [1.165, 1.54) is 6.07 Å². The van der Waals surface area contributed by atoms with Gasteiger partial charge in [-0.2, -0.15) is 0 Å². The van der Waals surface area contributed by atoms with Crippen molar-refractivity contribution >= 4 is 44.1 Å². The van der Waals surface area contributed by atoms with E-state index in [1.807, 2.05) is 13.0 Å². The standard InChI is InChI=1S/C13H10BrNO3S/c1-7-8(3-2-4-9(7)14)12(16)15-11-6-5-10(19-11)13(17)18/h2-6H,1H3,(H,15,16)(H,17,18). The summed E-state index contributed by atoms with van der Waals surface area (Å²) in [4.78, 5) is 23.0. The van der Waals surface area contributed by atoms with Gasteiger partial charge in [-0.05, 0) is 36.8 Å². The lowest BCUT2D eigenvalue weighted by atomic mass is 10.1. The molecule has 0 atom stereocenters. The van der Waals surface area contributed by atoms with Crippen molar-refractivity contribution in [3.63, 3.8) is 0 Å². The summed E-state index contributed by atoms with van der Waals surface area (Å²) in [5.74, 6) is -1.25. The second-order valence-corrected chi connectivity index (χ2v) is 5.77. The van der Waals surface area contributed by atoms with Gasteiger partial charge in [-0.15, -0.1) is 11.3 Å². The van der Waals surface area contributed by atoms with Crippen LogP contribution in [0.15, 0.2) is 34.8 Å². The normalized spacial score (nSPS) is 10.2. The minimum absolute atomic E-state index is 0.196. The zero-order valence-corrected chi connectivity index (χ0v) is 12.3. The molecule has 0 radical (unpaired) electrons. The van der Waals surface area contributed by atoms with E-state index in [4.69, 9.17) is 5.11 Å². The quantitative estimate of drug-likeness (QED) is 0.894. The summed E-state index contributed by atoms with van der Waals surface area (Å²) in [5, 5.41) is 12.0. The lowest BCUT2D eigenvalue weighted by Crippen LogP contribution is -2.12. The van der Waals surface area contributed by atoms with Crippen molar-refractivity contribution in [1.29, 1.82) is 0 Å². The van der Waals surface area contributed by atoms with Crippen LogP contribution in [0, 0.1) is 6.92 Å². The first-order valence-electron chi connectivity index (χ1n) is 5.38. The lowest BCUT2D eigenvalue weighted by molar-refractivity contribution is 0.0702. The molecule has 19 heavy (non-hydrogen) atoms. The fourth-order valence-corrected chi connectivity index (χ4v) is 2.66. The van der Waals surface area contributed by atoms with Crippen LogP contribution in [-0.2, 0) is 0 Å². The van der Waals surface area contributed by atoms with Gasteiger partial charge in [-0.1, -0.05) is 22.0 Å². The number of thiophene rings is 1. The number of carbonyl (C=O) groups excluding carboxylic acids is 1. The average Bonchev–Trinajstić information content (AvgIpc) is 2.81. The molecule has 0 aliphatic heterocycles. The highest BCUT2D eigenvalue weighted by atomic mass is 79.9. The molecular weight excluding hydrogens is 330 g/mol. The lowest BCUT2D eigenvalue weighted by Gasteiger charge is -2.07. The molecule has 1 aromatic carbocycles. The number of halogens is 1. The minimum atomic E-state index is -0.996. The molecule has 1 amide bonds. The summed E-state index contributed by atoms with van der Waals surface area (Å²) in [5.41, 5.74) is 1.40. The van der Waals surface area contributed by atoms with Crippen LogP contribution in [0.25, 0.3) is 0 Å². The van der Waals surface area contributed by atoms with Crippen LogP contribution < -0.4 is 5.32 Å². The summed E-state index contributed by atoms with van der Waals surface area (Å²) in [6.07, 6.45) is 0. The Balaban J connectivity index is 2.21. The van der Waals surface area contributed by atoms with Crippen LogP contribution in [0.3, 0.4) is 0 Å². The molecular formula is C13H10BrNO3S. The third-order valence-corrected chi connectivity index (χ3v) is 4.41. The number of rotatable bonds is 3. The molecule has 0 spiro atoms. The molecule has 98 valence electrons. The number of carbonyl (C=O) groups is 2. The van der Waals surface area contributed by atoms with E-state index >= 15 is 0 Å². The molecule has 0 aliphatic rings. The van der Waals surface area contributed by atoms with Crippen molar-refractivity contribution in [2.45, 2.75) is 6.92 Å².